The van der Waals surface area contributed by atoms with E-state index in [1.807, 2.05) is 19.1 Å². The maximum absolute atomic E-state index is 12.0. The van der Waals surface area contributed by atoms with Crippen molar-refractivity contribution < 1.29 is 14.3 Å². The normalized spacial score (nSPS) is 10.1. The van der Waals surface area contributed by atoms with Crippen molar-refractivity contribution >= 4 is 29.3 Å². The zero-order valence-corrected chi connectivity index (χ0v) is 13.1. The molecule has 0 unspecified atom stereocenters. The number of para-hydroxylation sites is 1. The summed E-state index contributed by atoms with van der Waals surface area (Å²) in [6.45, 7) is 1.96. The zero-order valence-electron chi connectivity index (χ0n) is 12.3. The molecule has 114 valence electrons. The van der Waals surface area contributed by atoms with E-state index in [0.717, 1.165) is 10.6 Å². The Morgan fingerprint density at radius 2 is 2.00 bits per heavy atom. The average molecular weight is 316 g/mol. The SMILES string of the molecule is COC(=O)c1ccccc1NC(=O)CSc1ccc(C)cn1. The molecule has 5 nitrogen and oxygen atoms in total. The number of aromatic nitrogens is 1. The number of esters is 1. The molecule has 0 aliphatic carbocycles. The van der Waals surface area contributed by atoms with Crippen LogP contribution in [0.4, 0.5) is 5.69 Å². The molecule has 0 fully saturated rings. The Morgan fingerprint density at radius 3 is 2.68 bits per heavy atom. The Kier molecular flexibility index (Phi) is 5.55. The number of thioether (sulfide) groups is 1. The number of carbonyl (C=O) groups is 2. The fourth-order valence-electron chi connectivity index (χ4n) is 1.75. The van der Waals surface area contributed by atoms with Gasteiger partial charge in [-0.3, -0.25) is 4.79 Å². The topological polar surface area (TPSA) is 68.3 Å². The predicted octanol–water partition coefficient (Wildman–Crippen LogP) is 2.91. The molecular formula is C16H16N2O3S. The molecule has 2 aromatic rings. The van der Waals surface area contributed by atoms with Gasteiger partial charge in [0, 0.05) is 6.20 Å². The molecule has 0 radical (unpaired) electrons. The minimum absolute atomic E-state index is 0.205. The molecule has 0 spiro atoms. The molecule has 2 rings (SSSR count). The number of anilines is 1. The minimum Gasteiger partial charge on any atom is -0.465 e. The number of pyridine rings is 1. The molecule has 6 heteroatoms. The van der Waals surface area contributed by atoms with Crippen LogP contribution in [0.5, 0.6) is 0 Å². The third-order valence-electron chi connectivity index (χ3n) is 2.84. The molecule has 1 N–H and O–H groups in total. The number of hydrogen-bond acceptors (Lipinski definition) is 5. The van der Waals surface area contributed by atoms with Crippen LogP contribution in [0.15, 0.2) is 47.6 Å². The first kappa shape index (κ1) is 16.0. The number of ether oxygens (including phenoxy) is 1. The lowest BCUT2D eigenvalue weighted by molar-refractivity contribution is -0.113. The Balaban J connectivity index is 1.97. The summed E-state index contributed by atoms with van der Waals surface area (Å²) < 4.78 is 4.69. The molecule has 22 heavy (non-hydrogen) atoms. The van der Waals surface area contributed by atoms with Crippen LogP contribution in [0.1, 0.15) is 15.9 Å². The van der Waals surface area contributed by atoms with Crippen molar-refractivity contribution in [1.82, 2.24) is 4.98 Å². The lowest BCUT2D eigenvalue weighted by Crippen LogP contribution is -2.17. The number of amides is 1. The zero-order chi connectivity index (χ0) is 15.9. The van der Waals surface area contributed by atoms with E-state index in [1.54, 1.807) is 30.5 Å². The van der Waals surface area contributed by atoms with Crippen molar-refractivity contribution in [1.29, 1.82) is 0 Å². The highest BCUT2D eigenvalue weighted by molar-refractivity contribution is 7.99. The van der Waals surface area contributed by atoms with Crippen LogP contribution >= 0.6 is 11.8 Å². The Bertz CT molecular complexity index is 671. The van der Waals surface area contributed by atoms with Crippen LogP contribution in [0, 0.1) is 6.92 Å². The van der Waals surface area contributed by atoms with Crippen LogP contribution in [-0.2, 0) is 9.53 Å². The average Bonchev–Trinajstić information content (AvgIpc) is 2.54. The second-order valence-corrected chi connectivity index (χ2v) is 5.54. The first-order valence-electron chi connectivity index (χ1n) is 6.63. The van der Waals surface area contributed by atoms with E-state index in [4.69, 9.17) is 4.74 Å². The predicted molar refractivity (Wildman–Crippen MR) is 86.1 cm³/mol. The third kappa shape index (κ3) is 4.33. The van der Waals surface area contributed by atoms with Gasteiger partial charge in [-0.05, 0) is 30.7 Å². The number of hydrogen-bond donors (Lipinski definition) is 1. The summed E-state index contributed by atoms with van der Waals surface area (Å²) in [5.41, 5.74) is 1.84. The lowest BCUT2D eigenvalue weighted by Gasteiger charge is -2.09. The largest absolute Gasteiger partial charge is 0.465 e. The molecule has 0 aliphatic rings. The van der Waals surface area contributed by atoms with Gasteiger partial charge < -0.3 is 10.1 Å². The minimum atomic E-state index is -0.483. The van der Waals surface area contributed by atoms with E-state index in [0.29, 0.717) is 11.3 Å². The number of benzene rings is 1. The van der Waals surface area contributed by atoms with Gasteiger partial charge in [0.2, 0.25) is 5.91 Å². The maximum atomic E-state index is 12.0. The van der Waals surface area contributed by atoms with Crippen molar-refractivity contribution in [2.24, 2.45) is 0 Å². The molecule has 1 aromatic heterocycles. The quantitative estimate of drug-likeness (QED) is 0.678. The standard InChI is InChI=1S/C16H16N2O3S/c1-11-7-8-15(17-9-11)22-10-14(19)18-13-6-4-3-5-12(13)16(20)21-2/h3-9H,10H2,1-2H3,(H,18,19). The van der Waals surface area contributed by atoms with Gasteiger partial charge in [0.05, 0.1) is 29.1 Å². The molecule has 0 bridgehead atoms. The molecule has 1 heterocycles. The van der Waals surface area contributed by atoms with E-state index < -0.39 is 5.97 Å². The molecule has 0 aliphatic heterocycles. The van der Waals surface area contributed by atoms with Crippen molar-refractivity contribution in [2.45, 2.75) is 11.9 Å². The molecule has 0 saturated heterocycles. The molecule has 1 amide bonds. The van der Waals surface area contributed by atoms with Crippen LogP contribution in [-0.4, -0.2) is 29.7 Å². The Labute approximate surface area is 133 Å². The number of rotatable bonds is 5. The highest BCUT2D eigenvalue weighted by Gasteiger charge is 2.13. The van der Waals surface area contributed by atoms with Crippen molar-refractivity contribution in [2.75, 3.05) is 18.2 Å². The highest BCUT2D eigenvalue weighted by atomic mass is 32.2. The number of nitrogens with one attached hydrogen (secondary N) is 1. The fourth-order valence-corrected chi connectivity index (χ4v) is 2.39. The fraction of sp³-hybridized carbons (Fsp3) is 0.188. The van der Waals surface area contributed by atoms with Gasteiger partial charge in [-0.15, -0.1) is 0 Å². The van der Waals surface area contributed by atoms with Gasteiger partial charge in [0.25, 0.3) is 0 Å². The molecule has 0 atom stereocenters. The van der Waals surface area contributed by atoms with Crippen LogP contribution in [0.25, 0.3) is 0 Å². The van der Waals surface area contributed by atoms with Crippen molar-refractivity contribution in [3.63, 3.8) is 0 Å². The summed E-state index contributed by atoms with van der Waals surface area (Å²) in [5.74, 6) is -0.474. The van der Waals surface area contributed by atoms with E-state index in [-0.39, 0.29) is 11.7 Å². The smallest absolute Gasteiger partial charge is 0.339 e. The summed E-state index contributed by atoms with van der Waals surface area (Å²) in [6.07, 6.45) is 1.76. The number of nitrogens with zero attached hydrogens (tertiary/aromatic N) is 1. The summed E-state index contributed by atoms with van der Waals surface area (Å²) in [6, 6.07) is 10.5. The van der Waals surface area contributed by atoms with Gasteiger partial charge in [-0.1, -0.05) is 30.0 Å². The maximum Gasteiger partial charge on any atom is 0.339 e. The molecular weight excluding hydrogens is 300 g/mol. The van der Waals surface area contributed by atoms with E-state index in [2.05, 4.69) is 10.3 Å². The summed E-state index contributed by atoms with van der Waals surface area (Å²) in [4.78, 5) is 27.9. The summed E-state index contributed by atoms with van der Waals surface area (Å²) in [5, 5.41) is 3.50. The van der Waals surface area contributed by atoms with E-state index >= 15 is 0 Å². The lowest BCUT2D eigenvalue weighted by atomic mass is 10.2. The summed E-state index contributed by atoms with van der Waals surface area (Å²) in [7, 11) is 1.31. The second-order valence-electron chi connectivity index (χ2n) is 4.55. The first-order valence-corrected chi connectivity index (χ1v) is 7.61. The Hall–Kier alpha value is -2.34. The molecule has 0 saturated carbocycles. The second kappa shape index (κ2) is 7.61. The van der Waals surface area contributed by atoms with Crippen LogP contribution < -0.4 is 5.32 Å². The highest BCUT2D eigenvalue weighted by Crippen LogP contribution is 2.18. The van der Waals surface area contributed by atoms with Crippen molar-refractivity contribution in [3.8, 4) is 0 Å². The first-order chi connectivity index (χ1) is 10.6. The molecule has 1 aromatic carbocycles. The Morgan fingerprint density at radius 1 is 1.23 bits per heavy atom. The number of carbonyl (C=O) groups excluding carboxylic acids is 2. The third-order valence-corrected chi connectivity index (χ3v) is 3.79. The van der Waals surface area contributed by atoms with Crippen LogP contribution in [0.2, 0.25) is 0 Å². The summed E-state index contributed by atoms with van der Waals surface area (Å²) >= 11 is 1.34. The van der Waals surface area contributed by atoms with E-state index in [9.17, 15) is 9.59 Å². The van der Waals surface area contributed by atoms with Gasteiger partial charge in [0.1, 0.15) is 0 Å². The van der Waals surface area contributed by atoms with Crippen molar-refractivity contribution in [3.05, 3.63) is 53.7 Å². The monoisotopic (exact) mass is 316 g/mol. The van der Waals surface area contributed by atoms with Gasteiger partial charge in [-0.2, -0.15) is 0 Å². The van der Waals surface area contributed by atoms with Gasteiger partial charge in [0.15, 0.2) is 0 Å². The van der Waals surface area contributed by atoms with E-state index in [1.165, 1.54) is 18.9 Å². The van der Waals surface area contributed by atoms with Gasteiger partial charge in [-0.25, -0.2) is 9.78 Å². The van der Waals surface area contributed by atoms with Crippen LogP contribution in [0.3, 0.4) is 0 Å². The number of methoxy groups -OCH3 is 1. The number of aryl methyl sites for hydroxylation is 1. The van der Waals surface area contributed by atoms with Gasteiger partial charge >= 0.3 is 5.97 Å².